The largest absolute Gasteiger partial charge is 0.478 e. The molecule has 0 bridgehead atoms. The van der Waals surface area contributed by atoms with Gasteiger partial charge in [0.2, 0.25) is 5.91 Å². The van der Waals surface area contributed by atoms with Gasteiger partial charge < -0.3 is 15.3 Å². The zero-order chi connectivity index (χ0) is 19.7. The van der Waals surface area contributed by atoms with E-state index in [2.05, 4.69) is 41.4 Å². The Kier molecular flexibility index (Phi) is 5.07. The Morgan fingerprint density at radius 2 is 1.93 bits per heavy atom. The van der Waals surface area contributed by atoms with Gasteiger partial charge in [0.1, 0.15) is 0 Å². The number of anilines is 2. The average molecular weight is 378 g/mol. The van der Waals surface area contributed by atoms with Crippen LogP contribution in [0.25, 0.3) is 0 Å². The van der Waals surface area contributed by atoms with Crippen molar-refractivity contribution in [3.05, 3.63) is 59.2 Å². The summed E-state index contributed by atoms with van der Waals surface area (Å²) in [6, 6.07) is 13.9. The lowest BCUT2D eigenvalue weighted by Crippen LogP contribution is -2.28. The summed E-state index contributed by atoms with van der Waals surface area (Å²) in [7, 11) is 0. The van der Waals surface area contributed by atoms with Crippen molar-refractivity contribution in [3.8, 4) is 0 Å². The van der Waals surface area contributed by atoms with Crippen LogP contribution in [0.2, 0.25) is 0 Å². The Labute approximate surface area is 165 Å². The number of carbonyl (C=O) groups excluding carboxylic acids is 1. The van der Waals surface area contributed by atoms with Gasteiger partial charge in [-0.1, -0.05) is 36.2 Å². The number of hydrogen-bond acceptors (Lipinski definition) is 3. The van der Waals surface area contributed by atoms with E-state index in [1.807, 2.05) is 6.07 Å². The molecule has 0 radical (unpaired) electrons. The fourth-order valence-electron chi connectivity index (χ4n) is 4.11. The molecule has 5 nitrogen and oxygen atoms in total. The molecule has 1 saturated carbocycles. The Hall–Kier alpha value is -2.82. The van der Waals surface area contributed by atoms with E-state index in [1.54, 1.807) is 12.1 Å². The van der Waals surface area contributed by atoms with E-state index in [1.165, 1.54) is 11.1 Å². The third-order valence-electron chi connectivity index (χ3n) is 6.03. The predicted octanol–water partition coefficient (Wildman–Crippen LogP) is 4.43. The highest BCUT2D eigenvalue weighted by molar-refractivity contribution is 6.02. The maximum absolute atomic E-state index is 12.2. The molecule has 1 aliphatic carbocycles. The zero-order valence-electron chi connectivity index (χ0n) is 16.1. The maximum atomic E-state index is 12.2. The molecule has 146 valence electrons. The van der Waals surface area contributed by atoms with Gasteiger partial charge in [0.25, 0.3) is 0 Å². The number of benzene rings is 2. The van der Waals surface area contributed by atoms with Crippen molar-refractivity contribution in [2.45, 2.75) is 38.5 Å². The van der Waals surface area contributed by atoms with Crippen molar-refractivity contribution in [3.63, 3.8) is 0 Å². The second kappa shape index (κ2) is 7.66. The van der Waals surface area contributed by atoms with Gasteiger partial charge in [-0.2, -0.15) is 0 Å². The molecule has 2 aliphatic rings. The van der Waals surface area contributed by atoms with Gasteiger partial charge in [0.05, 0.1) is 11.3 Å². The lowest BCUT2D eigenvalue weighted by atomic mass is 9.85. The molecule has 1 aliphatic heterocycles. The van der Waals surface area contributed by atoms with Crippen molar-refractivity contribution in [2.75, 3.05) is 23.3 Å². The van der Waals surface area contributed by atoms with E-state index < -0.39 is 5.97 Å². The van der Waals surface area contributed by atoms with Gasteiger partial charge >= 0.3 is 5.97 Å². The minimum absolute atomic E-state index is 0.0231. The van der Waals surface area contributed by atoms with E-state index in [0.717, 1.165) is 44.5 Å². The minimum atomic E-state index is -1.01. The molecule has 0 unspecified atom stereocenters. The van der Waals surface area contributed by atoms with Crippen LogP contribution in [0.1, 0.15) is 53.1 Å². The molecular weight excluding hydrogens is 352 g/mol. The number of nitrogens with zero attached hydrogens (tertiary/aromatic N) is 1. The molecule has 1 saturated heterocycles. The fraction of sp³-hybridized carbons (Fsp3) is 0.391. The van der Waals surface area contributed by atoms with Crippen LogP contribution < -0.4 is 10.2 Å². The first-order chi connectivity index (χ1) is 13.5. The van der Waals surface area contributed by atoms with Gasteiger partial charge in [-0.3, -0.25) is 4.79 Å². The lowest BCUT2D eigenvalue weighted by molar-refractivity contribution is -0.122. The Balaban J connectivity index is 1.51. The molecule has 0 aromatic heterocycles. The van der Waals surface area contributed by atoms with Crippen LogP contribution in [-0.2, 0) is 4.79 Å². The summed E-state index contributed by atoms with van der Waals surface area (Å²) in [4.78, 5) is 26.2. The van der Waals surface area contributed by atoms with Crippen LogP contribution in [0.5, 0.6) is 0 Å². The number of aryl methyl sites for hydroxylation is 1. The molecule has 2 N–H and O–H groups in total. The minimum Gasteiger partial charge on any atom is -0.478 e. The smallest absolute Gasteiger partial charge is 0.337 e. The number of carboxylic acid groups (broad SMARTS) is 1. The topological polar surface area (TPSA) is 69.6 Å². The summed E-state index contributed by atoms with van der Waals surface area (Å²) in [5.41, 5.74) is 4.04. The van der Waals surface area contributed by atoms with E-state index in [0.29, 0.717) is 11.6 Å². The fourth-order valence-corrected chi connectivity index (χ4v) is 4.11. The SMILES string of the molecule is Cc1cccc([C@@H]2CCN(c3ccc(NC(=O)C4CCC4)c(C(=O)O)c3)C2)c1. The third-order valence-corrected chi connectivity index (χ3v) is 6.03. The van der Waals surface area contributed by atoms with Crippen LogP contribution in [0.15, 0.2) is 42.5 Å². The second-order valence-electron chi connectivity index (χ2n) is 8.00. The Morgan fingerprint density at radius 3 is 2.61 bits per heavy atom. The summed E-state index contributed by atoms with van der Waals surface area (Å²) in [6.45, 7) is 3.87. The van der Waals surface area contributed by atoms with E-state index in [9.17, 15) is 14.7 Å². The van der Waals surface area contributed by atoms with Crippen molar-refractivity contribution in [2.24, 2.45) is 5.92 Å². The van der Waals surface area contributed by atoms with Crippen molar-refractivity contribution in [1.29, 1.82) is 0 Å². The molecule has 4 rings (SSSR count). The summed E-state index contributed by atoms with van der Waals surface area (Å²) >= 11 is 0. The molecule has 0 spiro atoms. The second-order valence-corrected chi connectivity index (χ2v) is 8.00. The summed E-state index contributed by atoms with van der Waals surface area (Å²) in [5, 5.41) is 12.5. The molecule has 1 heterocycles. The summed E-state index contributed by atoms with van der Waals surface area (Å²) < 4.78 is 0. The summed E-state index contributed by atoms with van der Waals surface area (Å²) in [6.07, 6.45) is 3.90. The van der Waals surface area contributed by atoms with Gasteiger partial charge in [0, 0.05) is 30.6 Å². The number of rotatable bonds is 5. The van der Waals surface area contributed by atoms with Crippen molar-refractivity contribution >= 4 is 23.3 Å². The normalized spacial score (nSPS) is 19.3. The van der Waals surface area contributed by atoms with Crippen LogP contribution >= 0.6 is 0 Å². The first-order valence-electron chi connectivity index (χ1n) is 10.0. The highest BCUT2D eigenvalue weighted by Crippen LogP contribution is 2.33. The predicted molar refractivity (Wildman–Crippen MR) is 110 cm³/mol. The van der Waals surface area contributed by atoms with Gasteiger partial charge in [-0.05, 0) is 49.9 Å². The number of carbonyl (C=O) groups is 2. The maximum Gasteiger partial charge on any atom is 0.337 e. The standard InChI is InChI=1S/C23H26N2O3/c1-15-4-2-7-17(12-15)18-10-11-25(14-18)19-8-9-21(20(13-19)23(27)28)24-22(26)16-5-3-6-16/h2,4,7-9,12-13,16,18H,3,5-6,10-11,14H2,1H3,(H,24,26)(H,27,28)/t18-/m1/s1. The molecule has 1 amide bonds. The average Bonchev–Trinajstić information content (AvgIpc) is 3.10. The molecule has 5 heteroatoms. The highest BCUT2D eigenvalue weighted by atomic mass is 16.4. The molecule has 2 aromatic carbocycles. The van der Waals surface area contributed by atoms with Crippen LogP contribution in [0, 0.1) is 12.8 Å². The van der Waals surface area contributed by atoms with Gasteiger partial charge in [0.15, 0.2) is 0 Å². The van der Waals surface area contributed by atoms with E-state index in [4.69, 9.17) is 0 Å². The molecular formula is C23H26N2O3. The monoisotopic (exact) mass is 378 g/mol. The van der Waals surface area contributed by atoms with Crippen molar-refractivity contribution < 1.29 is 14.7 Å². The zero-order valence-corrected chi connectivity index (χ0v) is 16.1. The molecule has 28 heavy (non-hydrogen) atoms. The third kappa shape index (κ3) is 3.75. The Morgan fingerprint density at radius 1 is 1.11 bits per heavy atom. The lowest BCUT2D eigenvalue weighted by Gasteiger charge is -2.25. The van der Waals surface area contributed by atoms with Crippen LogP contribution in [0.3, 0.4) is 0 Å². The highest BCUT2D eigenvalue weighted by Gasteiger charge is 2.28. The molecule has 2 aromatic rings. The quantitative estimate of drug-likeness (QED) is 0.808. The van der Waals surface area contributed by atoms with E-state index in [-0.39, 0.29) is 17.4 Å². The molecule has 2 fully saturated rings. The number of amides is 1. The first kappa shape index (κ1) is 18.5. The number of hydrogen-bond donors (Lipinski definition) is 2. The molecule has 1 atom stereocenters. The van der Waals surface area contributed by atoms with E-state index >= 15 is 0 Å². The summed E-state index contributed by atoms with van der Waals surface area (Å²) in [5.74, 6) is -0.608. The van der Waals surface area contributed by atoms with Crippen LogP contribution in [0.4, 0.5) is 11.4 Å². The van der Waals surface area contributed by atoms with Gasteiger partial charge in [-0.25, -0.2) is 4.79 Å². The van der Waals surface area contributed by atoms with Gasteiger partial charge in [-0.15, -0.1) is 0 Å². The Bertz CT molecular complexity index is 904. The van der Waals surface area contributed by atoms with Crippen molar-refractivity contribution in [1.82, 2.24) is 0 Å². The number of carboxylic acids is 1. The first-order valence-corrected chi connectivity index (χ1v) is 10.0. The van der Waals surface area contributed by atoms with Crippen LogP contribution in [-0.4, -0.2) is 30.1 Å². The number of nitrogens with one attached hydrogen (secondary N) is 1. The number of aromatic carboxylic acids is 1.